The smallest absolute Gasteiger partial charge is 0.256 e. The van der Waals surface area contributed by atoms with Crippen molar-refractivity contribution in [2.75, 3.05) is 38.5 Å². The molecular weight excluding hydrogens is 286 g/mol. The van der Waals surface area contributed by atoms with Gasteiger partial charge >= 0.3 is 0 Å². The van der Waals surface area contributed by atoms with E-state index in [0.29, 0.717) is 10.6 Å². The second-order valence-corrected chi connectivity index (χ2v) is 6.83. The molecular formula is C16H24ClN3O. The summed E-state index contributed by atoms with van der Waals surface area (Å²) in [4.78, 5) is 17.0. The van der Waals surface area contributed by atoms with Gasteiger partial charge in [-0.25, -0.2) is 0 Å². The quantitative estimate of drug-likeness (QED) is 0.912. The van der Waals surface area contributed by atoms with Crippen molar-refractivity contribution < 1.29 is 4.79 Å². The number of benzene rings is 1. The van der Waals surface area contributed by atoms with Gasteiger partial charge in [-0.15, -0.1) is 0 Å². The second kappa shape index (κ2) is 6.24. The summed E-state index contributed by atoms with van der Waals surface area (Å²) in [5.41, 5.74) is 1.62. The fourth-order valence-electron chi connectivity index (χ4n) is 2.66. The van der Waals surface area contributed by atoms with Crippen molar-refractivity contribution in [3.8, 4) is 0 Å². The van der Waals surface area contributed by atoms with Crippen LogP contribution in [0.3, 0.4) is 0 Å². The van der Waals surface area contributed by atoms with Crippen LogP contribution in [0.2, 0.25) is 5.02 Å². The van der Waals surface area contributed by atoms with Gasteiger partial charge in [0.15, 0.2) is 0 Å². The predicted molar refractivity (Wildman–Crippen MR) is 88.2 cm³/mol. The van der Waals surface area contributed by atoms with Gasteiger partial charge in [0.25, 0.3) is 5.91 Å². The van der Waals surface area contributed by atoms with Gasteiger partial charge < -0.3 is 10.2 Å². The standard InChI is InChI=1S/C16H24ClN3O/c1-16(2,3)20-9-7-19(8-10-20)15(21)13-11-12(17)5-6-14(13)18-4/h5-6,11,18H,7-10H2,1-4H3. The van der Waals surface area contributed by atoms with Gasteiger partial charge in [-0.05, 0) is 39.0 Å². The summed E-state index contributed by atoms with van der Waals surface area (Å²) in [6.45, 7) is 9.95. The maximum atomic E-state index is 12.7. The van der Waals surface area contributed by atoms with Gasteiger partial charge in [0.05, 0.1) is 5.56 Å². The van der Waals surface area contributed by atoms with Crippen LogP contribution in [-0.2, 0) is 0 Å². The van der Waals surface area contributed by atoms with Crippen LogP contribution >= 0.6 is 11.6 Å². The highest BCUT2D eigenvalue weighted by Crippen LogP contribution is 2.23. The van der Waals surface area contributed by atoms with Crippen molar-refractivity contribution in [3.63, 3.8) is 0 Å². The van der Waals surface area contributed by atoms with E-state index in [4.69, 9.17) is 11.6 Å². The molecule has 1 N–H and O–H groups in total. The highest BCUT2D eigenvalue weighted by atomic mass is 35.5. The number of hydrogen-bond donors (Lipinski definition) is 1. The molecule has 4 nitrogen and oxygen atoms in total. The number of carbonyl (C=O) groups is 1. The van der Waals surface area contributed by atoms with Gasteiger partial charge in [0, 0.05) is 49.5 Å². The average molecular weight is 310 g/mol. The number of carbonyl (C=O) groups excluding carboxylic acids is 1. The molecule has 116 valence electrons. The number of hydrogen-bond acceptors (Lipinski definition) is 3. The highest BCUT2D eigenvalue weighted by molar-refractivity contribution is 6.31. The molecule has 0 radical (unpaired) electrons. The maximum Gasteiger partial charge on any atom is 0.256 e. The lowest BCUT2D eigenvalue weighted by molar-refractivity contribution is 0.0452. The summed E-state index contributed by atoms with van der Waals surface area (Å²) in [6, 6.07) is 5.38. The molecule has 5 heteroatoms. The van der Waals surface area contributed by atoms with Crippen LogP contribution < -0.4 is 5.32 Å². The van der Waals surface area contributed by atoms with E-state index in [-0.39, 0.29) is 11.4 Å². The van der Waals surface area contributed by atoms with E-state index in [0.717, 1.165) is 31.9 Å². The Labute approximate surface area is 132 Å². The van der Waals surface area contributed by atoms with Crippen LogP contribution in [0.4, 0.5) is 5.69 Å². The van der Waals surface area contributed by atoms with Gasteiger partial charge in [-0.2, -0.15) is 0 Å². The second-order valence-electron chi connectivity index (χ2n) is 6.39. The van der Waals surface area contributed by atoms with Crippen molar-refractivity contribution in [1.29, 1.82) is 0 Å². The van der Waals surface area contributed by atoms with Crippen LogP contribution in [0.5, 0.6) is 0 Å². The zero-order chi connectivity index (χ0) is 15.6. The number of anilines is 1. The van der Waals surface area contributed by atoms with Gasteiger partial charge in [0.1, 0.15) is 0 Å². The third-order valence-electron chi connectivity index (χ3n) is 4.00. The Hall–Kier alpha value is -1.26. The van der Waals surface area contributed by atoms with Gasteiger partial charge in [0.2, 0.25) is 0 Å². The molecule has 1 fully saturated rings. The lowest BCUT2D eigenvalue weighted by Gasteiger charge is -2.42. The summed E-state index contributed by atoms with van der Waals surface area (Å²) in [6.07, 6.45) is 0. The topological polar surface area (TPSA) is 35.6 Å². The first kappa shape index (κ1) is 16.1. The summed E-state index contributed by atoms with van der Waals surface area (Å²) in [7, 11) is 1.82. The minimum absolute atomic E-state index is 0.0513. The number of halogens is 1. The third kappa shape index (κ3) is 3.69. The van der Waals surface area contributed by atoms with Crippen molar-refractivity contribution in [1.82, 2.24) is 9.80 Å². The lowest BCUT2D eigenvalue weighted by Crippen LogP contribution is -2.54. The summed E-state index contributed by atoms with van der Waals surface area (Å²) >= 11 is 6.03. The molecule has 1 aromatic rings. The normalized spacial score (nSPS) is 16.9. The largest absolute Gasteiger partial charge is 0.387 e. The van der Waals surface area contributed by atoms with E-state index >= 15 is 0 Å². The zero-order valence-electron chi connectivity index (χ0n) is 13.2. The lowest BCUT2D eigenvalue weighted by atomic mass is 10.0. The Morgan fingerprint density at radius 2 is 1.81 bits per heavy atom. The summed E-state index contributed by atoms with van der Waals surface area (Å²) < 4.78 is 0. The molecule has 0 aromatic heterocycles. The number of nitrogens with zero attached hydrogens (tertiary/aromatic N) is 2. The molecule has 0 aliphatic carbocycles. The van der Waals surface area contributed by atoms with Crippen molar-refractivity contribution in [2.24, 2.45) is 0 Å². The highest BCUT2D eigenvalue weighted by Gasteiger charge is 2.28. The van der Waals surface area contributed by atoms with E-state index in [1.807, 2.05) is 18.0 Å². The molecule has 1 amide bonds. The first-order chi connectivity index (χ1) is 9.82. The van der Waals surface area contributed by atoms with Crippen LogP contribution in [0, 0.1) is 0 Å². The van der Waals surface area contributed by atoms with Crippen LogP contribution in [0.1, 0.15) is 31.1 Å². The Kier molecular flexibility index (Phi) is 4.79. The zero-order valence-corrected chi connectivity index (χ0v) is 14.0. The number of rotatable bonds is 2. The van der Waals surface area contributed by atoms with E-state index < -0.39 is 0 Å². The molecule has 1 saturated heterocycles. The van der Waals surface area contributed by atoms with Gasteiger partial charge in [-0.3, -0.25) is 9.69 Å². The molecule has 2 rings (SSSR count). The molecule has 1 aliphatic rings. The molecule has 1 aromatic carbocycles. The van der Waals surface area contributed by atoms with E-state index in [9.17, 15) is 4.79 Å². The maximum absolute atomic E-state index is 12.7. The van der Waals surface area contributed by atoms with Crippen molar-refractivity contribution in [3.05, 3.63) is 28.8 Å². The fourth-order valence-corrected chi connectivity index (χ4v) is 2.83. The van der Waals surface area contributed by atoms with Crippen molar-refractivity contribution in [2.45, 2.75) is 26.3 Å². The summed E-state index contributed by atoms with van der Waals surface area (Å²) in [5.74, 6) is 0.0513. The number of piperazine rings is 1. The first-order valence-corrected chi connectivity index (χ1v) is 7.72. The number of nitrogens with one attached hydrogen (secondary N) is 1. The van der Waals surface area contributed by atoms with Gasteiger partial charge in [-0.1, -0.05) is 11.6 Å². The van der Waals surface area contributed by atoms with E-state index in [2.05, 4.69) is 31.0 Å². The Morgan fingerprint density at radius 1 is 1.19 bits per heavy atom. The van der Waals surface area contributed by atoms with E-state index in [1.54, 1.807) is 12.1 Å². The molecule has 21 heavy (non-hydrogen) atoms. The fraction of sp³-hybridized carbons (Fsp3) is 0.562. The van der Waals surface area contributed by atoms with Crippen LogP contribution in [-0.4, -0.2) is 54.5 Å². The Bertz CT molecular complexity index is 517. The SMILES string of the molecule is CNc1ccc(Cl)cc1C(=O)N1CCN(C(C)(C)C)CC1. The first-order valence-electron chi connectivity index (χ1n) is 7.34. The molecule has 0 saturated carbocycles. The molecule has 0 bridgehead atoms. The molecule has 0 spiro atoms. The van der Waals surface area contributed by atoms with Crippen molar-refractivity contribution >= 4 is 23.2 Å². The van der Waals surface area contributed by atoms with Crippen LogP contribution in [0.25, 0.3) is 0 Å². The average Bonchev–Trinajstić information content (AvgIpc) is 2.45. The molecule has 1 aliphatic heterocycles. The number of amides is 1. The molecule has 0 unspecified atom stereocenters. The van der Waals surface area contributed by atoms with Crippen LogP contribution in [0.15, 0.2) is 18.2 Å². The minimum atomic E-state index is 0.0513. The Balaban J connectivity index is 2.11. The minimum Gasteiger partial charge on any atom is -0.387 e. The predicted octanol–water partition coefficient (Wildman–Crippen LogP) is 2.94. The van der Waals surface area contributed by atoms with E-state index in [1.165, 1.54) is 0 Å². The molecule has 0 atom stereocenters. The Morgan fingerprint density at radius 3 is 2.33 bits per heavy atom. The summed E-state index contributed by atoms with van der Waals surface area (Å²) in [5, 5.41) is 3.65. The molecule has 1 heterocycles. The third-order valence-corrected chi connectivity index (χ3v) is 4.23. The monoisotopic (exact) mass is 309 g/mol.